The fourth-order valence-electron chi connectivity index (χ4n) is 1.92. The molecular weight excluding hydrogens is 186 g/mol. The molecule has 0 aromatic heterocycles. The third-order valence-corrected chi connectivity index (χ3v) is 3.01. The molecule has 1 aliphatic heterocycles. The van der Waals surface area contributed by atoms with E-state index in [1.54, 1.807) is 5.43 Å². The number of carbonyl (C=O) groups is 2. The Kier molecular flexibility index (Phi) is 2.16. The first-order valence-corrected chi connectivity index (χ1v) is 4.54. The maximum atomic E-state index is 11.0. The van der Waals surface area contributed by atoms with E-state index in [2.05, 4.69) is 5.32 Å². The summed E-state index contributed by atoms with van der Waals surface area (Å²) in [7, 11) is 0. The van der Waals surface area contributed by atoms with Crippen LogP contribution in [-0.4, -0.2) is 31.6 Å². The van der Waals surface area contributed by atoms with Crippen LogP contribution in [0.2, 0.25) is 0 Å². The number of ether oxygens (including phenoxy) is 1. The summed E-state index contributed by atoms with van der Waals surface area (Å²) in [6.07, 6.45) is 1.08. The van der Waals surface area contributed by atoms with Crippen LogP contribution in [0.1, 0.15) is 6.42 Å². The van der Waals surface area contributed by atoms with Crippen LogP contribution in [-0.2, 0) is 14.3 Å². The van der Waals surface area contributed by atoms with Gasteiger partial charge in [0.1, 0.15) is 0 Å². The molecule has 1 aliphatic carbocycles. The van der Waals surface area contributed by atoms with E-state index in [4.69, 9.17) is 10.6 Å². The van der Waals surface area contributed by atoms with Gasteiger partial charge in [-0.2, -0.15) is 0 Å². The standard InChI is InChI=1S/C8H13N3O3/c9-11-7(13)6(12)10-3-8-1-5(8)2-14-4-8/h5H,1-4,9H2,(H,10,12)(H,11,13). The zero-order valence-electron chi connectivity index (χ0n) is 7.71. The van der Waals surface area contributed by atoms with Crippen LogP contribution >= 0.6 is 0 Å². The molecular formula is C8H13N3O3. The lowest BCUT2D eigenvalue weighted by molar-refractivity contribution is -0.139. The van der Waals surface area contributed by atoms with Crippen LogP contribution in [0.15, 0.2) is 0 Å². The third kappa shape index (κ3) is 1.46. The normalized spacial score (nSPS) is 33.4. The monoisotopic (exact) mass is 199 g/mol. The lowest BCUT2D eigenvalue weighted by Gasteiger charge is -2.11. The summed E-state index contributed by atoms with van der Waals surface area (Å²) in [6, 6.07) is 0. The fraction of sp³-hybridized carbons (Fsp3) is 0.750. The lowest BCUT2D eigenvalue weighted by Crippen LogP contribution is -2.45. The molecule has 0 aromatic carbocycles. The maximum absolute atomic E-state index is 11.0. The molecule has 0 radical (unpaired) electrons. The lowest BCUT2D eigenvalue weighted by atomic mass is 10.1. The van der Waals surface area contributed by atoms with E-state index in [0.29, 0.717) is 19.1 Å². The molecule has 1 saturated carbocycles. The summed E-state index contributed by atoms with van der Waals surface area (Å²) in [6.45, 7) is 1.96. The van der Waals surface area contributed by atoms with Crippen molar-refractivity contribution in [3.05, 3.63) is 0 Å². The summed E-state index contributed by atoms with van der Waals surface area (Å²) < 4.78 is 5.25. The molecule has 1 heterocycles. The summed E-state index contributed by atoms with van der Waals surface area (Å²) in [5.74, 6) is 3.89. The van der Waals surface area contributed by atoms with Crippen molar-refractivity contribution in [1.29, 1.82) is 0 Å². The summed E-state index contributed by atoms with van der Waals surface area (Å²) in [5, 5.41) is 2.55. The number of nitrogens with one attached hydrogen (secondary N) is 2. The SMILES string of the molecule is NNC(=O)C(=O)NCC12COCC1C2. The Labute approximate surface area is 81.1 Å². The average molecular weight is 199 g/mol. The highest BCUT2D eigenvalue weighted by molar-refractivity contribution is 6.34. The van der Waals surface area contributed by atoms with Gasteiger partial charge in [-0.1, -0.05) is 0 Å². The number of nitrogens with two attached hydrogens (primary N) is 1. The van der Waals surface area contributed by atoms with E-state index in [-0.39, 0.29) is 5.41 Å². The van der Waals surface area contributed by atoms with Gasteiger partial charge >= 0.3 is 11.8 Å². The molecule has 78 valence electrons. The van der Waals surface area contributed by atoms with Crippen LogP contribution < -0.4 is 16.6 Å². The molecule has 1 saturated heterocycles. The number of amides is 2. The molecule has 14 heavy (non-hydrogen) atoms. The summed E-state index contributed by atoms with van der Waals surface area (Å²) >= 11 is 0. The topological polar surface area (TPSA) is 93.5 Å². The zero-order chi connectivity index (χ0) is 10.2. The van der Waals surface area contributed by atoms with Crippen LogP contribution in [0, 0.1) is 11.3 Å². The predicted octanol–water partition coefficient (Wildman–Crippen LogP) is -1.87. The molecule has 0 aromatic rings. The van der Waals surface area contributed by atoms with Gasteiger partial charge in [-0.05, 0) is 12.3 Å². The van der Waals surface area contributed by atoms with Gasteiger partial charge in [0, 0.05) is 12.0 Å². The van der Waals surface area contributed by atoms with E-state index in [1.165, 1.54) is 0 Å². The second-order valence-corrected chi connectivity index (χ2v) is 3.93. The minimum atomic E-state index is -0.808. The van der Waals surface area contributed by atoms with Gasteiger partial charge in [-0.15, -0.1) is 0 Å². The molecule has 0 bridgehead atoms. The van der Waals surface area contributed by atoms with Gasteiger partial charge in [-0.3, -0.25) is 15.0 Å². The quantitative estimate of drug-likeness (QED) is 0.210. The van der Waals surface area contributed by atoms with Crippen molar-refractivity contribution in [2.75, 3.05) is 19.8 Å². The summed E-state index contributed by atoms with van der Waals surface area (Å²) in [5.41, 5.74) is 1.89. The van der Waals surface area contributed by atoms with Crippen molar-refractivity contribution < 1.29 is 14.3 Å². The molecule has 2 aliphatic rings. The Balaban J connectivity index is 1.78. The fourth-order valence-corrected chi connectivity index (χ4v) is 1.92. The van der Waals surface area contributed by atoms with Gasteiger partial charge in [0.05, 0.1) is 13.2 Å². The van der Waals surface area contributed by atoms with Crippen LogP contribution in [0.4, 0.5) is 0 Å². The van der Waals surface area contributed by atoms with Crippen molar-refractivity contribution in [3.8, 4) is 0 Å². The van der Waals surface area contributed by atoms with Crippen LogP contribution in [0.25, 0.3) is 0 Å². The molecule has 2 rings (SSSR count). The Morgan fingerprint density at radius 3 is 2.79 bits per heavy atom. The molecule has 0 spiro atoms. The minimum Gasteiger partial charge on any atom is -0.380 e. The largest absolute Gasteiger partial charge is 0.380 e. The Hall–Kier alpha value is -1.14. The Morgan fingerprint density at radius 1 is 1.50 bits per heavy atom. The first-order valence-electron chi connectivity index (χ1n) is 4.54. The first-order chi connectivity index (χ1) is 6.68. The van der Waals surface area contributed by atoms with Crippen molar-refractivity contribution in [2.24, 2.45) is 17.2 Å². The number of fused-ring (bicyclic) bond motifs is 1. The second kappa shape index (κ2) is 3.21. The minimum absolute atomic E-state index is 0.102. The van der Waals surface area contributed by atoms with Gasteiger partial charge in [0.15, 0.2) is 0 Å². The van der Waals surface area contributed by atoms with Gasteiger partial charge in [-0.25, -0.2) is 5.84 Å². The Bertz CT molecular complexity index is 281. The first kappa shape index (κ1) is 9.42. The van der Waals surface area contributed by atoms with Gasteiger partial charge < -0.3 is 10.1 Å². The highest BCUT2D eigenvalue weighted by Crippen LogP contribution is 2.56. The number of carbonyl (C=O) groups excluding carboxylic acids is 2. The van der Waals surface area contributed by atoms with Crippen molar-refractivity contribution in [2.45, 2.75) is 6.42 Å². The summed E-state index contributed by atoms with van der Waals surface area (Å²) in [4.78, 5) is 21.8. The van der Waals surface area contributed by atoms with E-state index in [9.17, 15) is 9.59 Å². The van der Waals surface area contributed by atoms with Crippen LogP contribution in [0.3, 0.4) is 0 Å². The van der Waals surface area contributed by atoms with Crippen LogP contribution in [0.5, 0.6) is 0 Å². The molecule has 2 fully saturated rings. The smallest absolute Gasteiger partial charge is 0.323 e. The Morgan fingerprint density at radius 2 is 2.29 bits per heavy atom. The third-order valence-electron chi connectivity index (χ3n) is 3.01. The zero-order valence-corrected chi connectivity index (χ0v) is 7.71. The molecule has 2 atom stereocenters. The van der Waals surface area contributed by atoms with E-state index >= 15 is 0 Å². The van der Waals surface area contributed by atoms with Gasteiger partial charge in [0.25, 0.3) is 0 Å². The van der Waals surface area contributed by atoms with E-state index in [0.717, 1.165) is 13.0 Å². The average Bonchev–Trinajstić information content (AvgIpc) is 2.76. The number of hydrazine groups is 1. The molecule has 6 heteroatoms. The van der Waals surface area contributed by atoms with Crippen molar-refractivity contribution in [3.63, 3.8) is 0 Å². The molecule has 4 N–H and O–H groups in total. The van der Waals surface area contributed by atoms with Crippen molar-refractivity contribution >= 4 is 11.8 Å². The number of hydrogen-bond acceptors (Lipinski definition) is 4. The number of rotatable bonds is 2. The van der Waals surface area contributed by atoms with E-state index < -0.39 is 11.8 Å². The maximum Gasteiger partial charge on any atom is 0.323 e. The van der Waals surface area contributed by atoms with Gasteiger partial charge in [0.2, 0.25) is 0 Å². The number of hydrogen-bond donors (Lipinski definition) is 3. The predicted molar refractivity (Wildman–Crippen MR) is 46.7 cm³/mol. The van der Waals surface area contributed by atoms with E-state index in [1.807, 2.05) is 0 Å². The molecule has 2 amide bonds. The molecule has 6 nitrogen and oxygen atoms in total. The second-order valence-electron chi connectivity index (χ2n) is 3.93. The highest BCUT2D eigenvalue weighted by Gasteiger charge is 2.58. The molecule has 2 unspecified atom stereocenters. The van der Waals surface area contributed by atoms with Crippen molar-refractivity contribution in [1.82, 2.24) is 10.7 Å². The highest BCUT2D eigenvalue weighted by atomic mass is 16.5.